The summed E-state index contributed by atoms with van der Waals surface area (Å²) in [6.07, 6.45) is 5.13. The van der Waals surface area contributed by atoms with Gasteiger partial charge in [0.25, 0.3) is 0 Å². The maximum Gasteiger partial charge on any atom is 0.246 e. The van der Waals surface area contributed by atoms with Gasteiger partial charge in [0.2, 0.25) is 11.8 Å². The zero-order chi connectivity index (χ0) is 17.4. The molecule has 0 saturated carbocycles. The Hall–Kier alpha value is -2.53. The third-order valence-electron chi connectivity index (χ3n) is 3.34. The minimum Gasteiger partial charge on any atom is -0.341 e. The van der Waals surface area contributed by atoms with Crippen molar-refractivity contribution in [1.29, 1.82) is 0 Å². The van der Waals surface area contributed by atoms with Crippen LogP contribution < -0.4 is 10.6 Å². The third kappa shape index (κ3) is 5.59. The molecule has 0 heterocycles. The second-order valence-electron chi connectivity index (χ2n) is 5.19. The molecule has 124 valence electrons. The van der Waals surface area contributed by atoms with Gasteiger partial charge in [-0.3, -0.25) is 9.59 Å². The molecule has 0 bridgehead atoms. The fourth-order valence-electron chi connectivity index (χ4n) is 1.99. The van der Waals surface area contributed by atoms with Gasteiger partial charge in [0.1, 0.15) is 6.04 Å². The van der Waals surface area contributed by atoms with E-state index in [9.17, 15) is 9.59 Å². The van der Waals surface area contributed by atoms with Gasteiger partial charge in [-0.1, -0.05) is 30.3 Å². The molecular weight excluding hydrogens is 320 g/mol. The third-order valence-corrected chi connectivity index (χ3v) is 4.08. The molecule has 2 aromatic carbocycles. The smallest absolute Gasteiger partial charge is 0.246 e. The van der Waals surface area contributed by atoms with E-state index in [2.05, 4.69) is 10.6 Å². The molecule has 0 unspecified atom stereocenters. The highest BCUT2D eigenvalue weighted by atomic mass is 32.2. The summed E-state index contributed by atoms with van der Waals surface area (Å²) in [5.41, 5.74) is 1.64. The number of anilines is 1. The average Bonchev–Trinajstić information content (AvgIpc) is 2.61. The normalized spacial score (nSPS) is 11.9. The summed E-state index contributed by atoms with van der Waals surface area (Å²) in [7, 11) is 0. The van der Waals surface area contributed by atoms with E-state index in [1.807, 2.05) is 60.9 Å². The SMILES string of the molecule is CSc1ccc(NC(=O)[C@H](C)NC(=O)/C=C/c2ccccc2)cc1. The maximum absolute atomic E-state index is 12.1. The summed E-state index contributed by atoms with van der Waals surface area (Å²) in [6.45, 7) is 1.65. The van der Waals surface area contributed by atoms with Crippen molar-refractivity contribution in [3.8, 4) is 0 Å². The largest absolute Gasteiger partial charge is 0.341 e. The van der Waals surface area contributed by atoms with Gasteiger partial charge in [0, 0.05) is 16.7 Å². The fourth-order valence-corrected chi connectivity index (χ4v) is 2.40. The lowest BCUT2D eigenvalue weighted by Gasteiger charge is -2.13. The van der Waals surface area contributed by atoms with Gasteiger partial charge in [0.05, 0.1) is 0 Å². The van der Waals surface area contributed by atoms with Crippen LogP contribution in [0.25, 0.3) is 6.08 Å². The van der Waals surface area contributed by atoms with E-state index in [1.54, 1.807) is 24.8 Å². The molecule has 24 heavy (non-hydrogen) atoms. The monoisotopic (exact) mass is 340 g/mol. The number of thioether (sulfide) groups is 1. The predicted molar refractivity (Wildman–Crippen MR) is 99.9 cm³/mol. The lowest BCUT2D eigenvalue weighted by atomic mass is 10.2. The zero-order valence-corrected chi connectivity index (χ0v) is 14.5. The van der Waals surface area contributed by atoms with Crippen LogP contribution in [0, 0.1) is 0 Å². The van der Waals surface area contributed by atoms with Crippen molar-refractivity contribution in [3.05, 3.63) is 66.2 Å². The molecule has 2 amide bonds. The van der Waals surface area contributed by atoms with E-state index >= 15 is 0 Å². The van der Waals surface area contributed by atoms with Crippen LogP contribution in [-0.4, -0.2) is 24.1 Å². The van der Waals surface area contributed by atoms with Crippen LogP contribution in [0.15, 0.2) is 65.6 Å². The number of carbonyl (C=O) groups is 2. The first-order valence-corrected chi connectivity index (χ1v) is 8.79. The Morgan fingerprint density at radius 2 is 1.71 bits per heavy atom. The topological polar surface area (TPSA) is 58.2 Å². The first-order chi connectivity index (χ1) is 11.6. The first kappa shape index (κ1) is 17.8. The van der Waals surface area contributed by atoms with Crippen molar-refractivity contribution in [2.45, 2.75) is 17.9 Å². The Bertz CT molecular complexity index is 712. The van der Waals surface area contributed by atoms with Crippen LogP contribution in [0.5, 0.6) is 0 Å². The summed E-state index contributed by atoms with van der Waals surface area (Å²) in [6, 6.07) is 16.4. The van der Waals surface area contributed by atoms with E-state index in [0.29, 0.717) is 5.69 Å². The second-order valence-corrected chi connectivity index (χ2v) is 6.07. The van der Waals surface area contributed by atoms with E-state index < -0.39 is 6.04 Å². The molecule has 5 heteroatoms. The summed E-state index contributed by atoms with van der Waals surface area (Å²) in [4.78, 5) is 25.1. The molecule has 0 spiro atoms. The van der Waals surface area contributed by atoms with Gasteiger partial charge < -0.3 is 10.6 Å². The number of benzene rings is 2. The minimum absolute atomic E-state index is 0.256. The maximum atomic E-state index is 12.1. The van der Waals surface area contributed by atoms with Crippen LogP contribution in [0.1, 0.15) is 12.5 Å². The minimum atomic E-state index is -0.627. The summed E-state index contributed by atoms with van der Waals surface area (Å²) >= 11 is 1.64. The number of hydrogen-bond acceptors (Lipinski definition) is 3. The lowest BCUT2D eigenvalue weighted by Crippen LogP contribution is -2.40. The number of hydrogen-bond donors (Lipinski definition) is 2. The average molecular weight is 340 g/mol. The van der Waals surface area contributed by atoms with Crippen LogP contribution >= 0.6 is 11.8 Å². The van der Waals surface area contributed by atoms with E-state index in [1.165, 1.54) is 6.08 Å². The molecule has 0 aliphatic heterocycles. The highest BCUT2D eigenvalue weighted by Crippen LogP contribution is 2.17. The van der Waals surface area contributed by atoms with E-state index in [4.69, 9.17) is 0 Å². The molecule has 2 N–H and O–H groups in total. The highest BCUT2D eigenvalue weighted by molar-refractivity contribution is 7.98. The fraction of sp³-hybridized carbons (Fsp3) is 0.158. The van der Waals surface area contributed by atoms with Gasteiger partial charge in [-0.05, 0) is 49.1 Å². The molecule has 0 aliphatic carbocycles. The molecule has 0 radical (unpaired) electrons. The van der Waals surface area contributed by atoms with Crippen molar-refractivity contribution in [1.82, 2.24) is 5.32 Å². The molecule has 0 saturated heterocycles. The van der Waals surface area contributed by atoms with Crippen molar-refractivity contribution in [3.63, 3.8) is 0 Å². The van der Waals surface area contributed by atoms with Crippen molar-refractivity contribution in [2.24, 2.45) is 0 Å². The van der Waals surface area contributed by atoms with E-state index in [0.717, 1.165) is 10.5 Å². The van der Waals surface area contributed by atoms with Crippen LogP contribution in [0.3, 0.4) is 0 Å². The number of amides is 2. The second kappa shape index (κ2) is 8.93. The van der Waals surface area contributed by atoms with Crippen molar-refractivity contribution < 1.29 is 9.59 Å². The number of carbonyl (C=O) groups excluding carboxylic acids is 2. The Kier molecular flexibility index (Phi) is 6.63. The molecule has 4 nitrogen and oxygen atoms in total. The molecule has 2 rings (SSSR count). The predicted octanol–water partition coefficient (Wildman–Crippen LogP) is 3.57. The van der Waals surface area contributed by atoms with Crippen molar-refractivity contribution in [2.75, 3.05) is 11.6 Å². The van der Waals surface area contributed by atoms with Gasteiger partial charge in [-0.2, -0.15) is 0 Å². The lowest BCUT2D eigenvalue weighted by molar-refractivity contribution is -0.123. The van der Waals surface area contributed by atoms with Gasteiger partial charge >= 0.3 is 0 Å². The summed E-state index contributed by atoms with van der Waals surface area (Å²) in [5.74, 6) is -0.562. The molecular formula is C19H20N2O2S. The Labute approximate surface area is 146 Å². The zero-order valence-electron chi connectivity index (χ0n) is 13.7. The number of nitrogens with one attached hydrogen (secondary N) is 2. The molecule has 0 fully saturated rings. The highest BCUT2D eigenvalue weighted by Gasteiger charge is 2.14. The van der Waals surface area contributed by atoms with Crippen LogP contribution in [0.4, 0.5) is 5.69 Å². The first-order valence-electron chi connectivity index (χ1n) is 7.57. The van der Waals surface area contributed by atoms with Crippen molar-refractivity contribution >= 4 is 35.3 Å². The standard InChI is InChI=1S/C19H20N2O2S/c1-14(19(23)21-16-9-11-17(24-2)12-10-16)20-18(22)13-8-15-6-4-3-5-7-15/h3-14H,1-2H3,(H,20,22)(H,21,23)/b13-8+/t14-/m0/s1. The van der Waals surface area contributed by atoms with Gasteiger partial charge in [-0.15, -0.1) is 11.8 Å². The van der Waals surface area contributed by atoms with E-state index in [-0.39, 0.29) is 11.8 Å². The molecule has 1 atom stereocenters. The van der Waals surface area contributed by atoms with Crippen LogP contribution in [-0.2, 0) is 9.59 Å². The summed E-state index contributed by atoms with van der Waals surface area (Å²) in [5, 5.41) is 5.44. The summed E-state index contributed by atoms with van der Waals surface area (Å²) < 4.78 is 0. The van der Waals surface area contributed by atoms with Gasteiger partial charge in [0.15, 0.2) is 0 Å². The molecule has 2 aromatic rings. The Balaban J connectivity index is 1.86. The van der Waals surface area contributed by atoms with Crippen LogP contribution in [0.2, 0.25) is 0 Å². The Morgan fingerprint density at radius 3 is 2.33 bits per heavy atom. The number of rotatable bonds is 6. The molecule has 0 aliphatic rings. The Morgan fingerprint density at radius 1 is 1.04 bits per heavy atom. The van der Waals surface area contributed by atoms with Gasteiger partial charge in [-0.25, -0.2) is 0 Å². The quantitative estimate of drug-likeness (QED) is 0.624. The molecule has 0 aromatic heterocycles.